The highest BCUT2D eigenvalue weighted by Gasteiger charge is 2.21. The molecule has 1 unspecified atom stereocenters. The molecule has 0 saturated heterocycles. The Morgan fingerprint density at radius 3 is 2.38 bits per heavy atom. The Morgan fingerprint density at radius 2 is 1.68 bits per heavy atom. The van der Waals surface area contributed by atoms with E-state index in [-0.39, 0.29) is 22.6 Å². The predicted octanol–water partition coefficient (Wildman–Crippen LogP) is 5.51. The fourth-order valence-corrected chi connectivity index (χ4v) is 4.02. The molecule has 0 amide bonds. The second-order valence-electron chi connectivity index (χ2n) is 8.14. The van der Waals surface area contributed by atoms with E-state index in [1.807, 2.05) is 5.32 Å². The molecule has 3 heterocycles. The number of nitrogens with one attached hydrogen (secondary N) is 1. The third kappa shape index (κ3) is 4.82. The van der Waals surface area contributed by atoms with Crippen molar-refractivity contribution >= 4 is 27.6 Å². The van der Waals surface area contributed by atoms with Crippen LogP contribution in [0.3, 0.4) is 0 Å². The van der Waals surface area contributed by atoms with Crippen molar-refractivity contribution in [1.82, 2.24) is 19.3 Å². The zero-order valence-electron chi connectivity index (χ0n) is 19.1. The zero-order valence-corrected chi connectivity index (χ0v) is 19.1. The Morgan fingerprint density at radius 1 is 0.919 bits per heavy atom. The molecule has 0 spiro atoms. The fourth-order valence-electron chi connectivity index (χ4n) is 4.02. The largest absolute Gasteiger partial charge is 0.435 e. The van der Waals surface area contributed by atoms with Crippen molar-refractivity contribution in [2.75, 3.05) is 5.32 Å². The van der Waals surface area contributed by atoms with Crippen LogP contribution in [0.2, 0.25) is 0 Å². The summed E-state index contributed by atoms with van der Waals surface area (Å²) in [6, 6.07) is 13.4. The smallest absolute Gasteiger partial charge is 0.387 e. The molecule has 0 fully saturated rings. The summed E-state index contributed by atoms with van der Waals surface area (Å²) in [4.78, 5) is 18.0. The van der Waals surface area contributed by atoms with Gasteiger partial charge in [-0.15, -0.1) is 0 Å². The number of anilines is 1. The van der Waals surface area contributed by atoms with Gasteiger partial charge in [0.2, 0.25) is 6.30 Å². The predicted molar refractivity (Wildman–Crippen MR) is 128 cm³/mol. The highest BCUT2D eigenvalue weighted by Crippen LogP contribution is 2.29. The van der Waals surface area contributed by atoms with E-state index in [2.05, 4.69) is 14.8 Å². The normalized spacial score (nSPS) is 12.5. The van der Waals surface area contributed by atoms with Crippen LogP contribution in [0.1, 0.15) is 0 Å². The first-order chi connectivity index (χ1) is 17.7. The van der Waals surface area contributed by atoms with E-state index in [0.29, 0.717) is 16.6 Å². The minimum atomic E-state index is -3.28. The van der Waals surface area contributed by atoms with E-state index in [9.17, 15) is 26.7 Å². The standard InChI is InChI=1S/C25H18F5N5O2/c1-34-11-15-10-16(5-8-18(15)33-34)35-12-14-4-9-19(32-23(28)22(26)27)31-21(14)20(24(35)36)13-2-6-17(7-3-13)37-25(29)30/h2-12,22-23,25H,1H3,(H,31,32). The van der Waals surface area contributed by atoms with Crippen LogP contribution >= 0.6 is 0 Å². The molecular formula is C25H18F5N5O2. The molecular weight excluding hydrogens is 497 g/mol. The van der Waals surface area contributed by atoms with Crippen molar-refractivity contribution in [1.29, 1.82) is 0 Å². The van der Waals surface area contributed by atoms with Crippen LogP contribution in [0.25, 0.3) is 38.6 Å². The molecule has 5 rings (SSSR count). The van der Waals surface area contributed by atoms with Gasteiger partial charge >= 0.3 is 6.61 Å². The maximum atomic E-state index is 13.8. The summed E-state index contributed by atoms with van der Waals surface area (Å²) in [5.74, 6) is -0.318. The Labute approximate surface area is 205 Å². The van der Waals surface area contributed by atoms with Crippen molar-refractivity contribution in [2.24, 2.45) is 7.05 Å². The van der Waals surface area contributed by atoms with E-state index >= 15 is 0 Å². The summed E-state index contributed by atoms with van der Waals surface area (Å²) < 4.78 is 71.7. The second-order valence-corrected chi connectivity index (χ2v) is 8.14. The van der Waals surface area contributed by atoms with Gasteiger partial charge in [-0.25, -0.2) is 18.2 Å². The summed E-state index contributed by atoms with van der Waals surface area (Å²) in [6.45, 7) is -3.03. The van der Waals surface area contributed by atoms with E-state index in [0.717, 1.165) is 10.9 Å². The first-order valence-corrected chi connectivity index (χ1v) is 10.9. The average Bonchev–Trinajstić information content (AvgIpc) is 3.23. The van der Waals surface area contributed by atoms with Crippen LogP contribution in [-0.4, -0.2) is 38.7 Å². The molecule has 0 saturated carbocycles. The first kappa shape index (κ1) is 24.2. The van der Waals surface area contributed by atoms with Crippen molar-refractivity contribution in [2.45, 2.75) is 19.3 Å². The average molecular weight is 515 g/mol. The molecule has 37 heavy (non-hydrogen) atoms. The number of aryl methyl sites for hydroxylation is 1. The summed E-state index contributed by atoms with van der Waals surface area (Å²) in [5.41, 5.74) is 1.21. The molecule has 7 nitrogen and oxygen atoms in total. The van der Waals surface area contributed by atoms with Crippen LogP contribution in [0.4, 0.5) is 27.8 Å². The highest BCUT2D eigenvalue weighted by molar-refractivity contribution is 5.94. The van der Waals surface area contributed by atoms with Gasteiger partial charge in [-0.05, 0) is 48.0 Å². The van der Waals surface area contributed by atoms with Crippen LogP contribution in [0.5, 0.6) is 5.75 Å². The topological polar surface area (TPSA) is 74.0 Å². The number of ether oxygens (including phenoxy) is 1. The van der Waals surface area contributed by atoms with E-state index in [1.54, 1.807) is 36.1 Å². The molecule has 12 heteroatoms. The van der Waals surface area contributed by atoms with Gasteiger partial charge in [0.1, 0.15) is 11.6 Å². The van der Waals surface area contributed by atoms with Gasteiger partial charge in [0.15, 0.2) is 0 Å². The summed E-state index contributed by atoms with van der Waals surface area (Å²) in [6.07, 6.45) is -2.62. The van der Waals surface area contributed by atoms with Gasteiger partial charge in [0.05, 0.1) is 16.6 Å². The number of fused-ring (bicyclic) bond motifs is 2. The highest BCUT2D eigenvalue weighted by atomic mass is 19.3. The monoisotopic (exact) mass is 515 g/mol. The number of pyridine rings is 2. The minimum Gasteiger partial charge on any atom is -0.435 e. The SMILES string of the molecule is Cn1cc2cc(-n3cc4ccc(NC(F)C(F)F)nc4c(-c4ccc(OC(F)F)cc4)c3=O)ccc2n1. The molecule has 5 aromatic rings. The van der Waals surface area contributed by atoms with Gasteiger partial charge in [-0.1, -0.05) is 12.1 Å². The lowest BCUT2D eigenvalue weighted by molar-refractivity contribution is -0.0498. The van der Waals surface area contributed by atoms with Crippen LogP contribution in [-0.2, 0) is 7.05 Å². The number of hydrogen-bond acceptors (Lipinski definition) is 5. The fraction of sp³-hybridized carbons (Fsp3) is 0.160. The Bertz CT molecular complexity index is 1650. The number of hydrogen-bond donors (Lipinski definition) is 1. The number of nitrogens with zero attached hydrogens (tertiary/aromatic N) is 4. The van der Waals surface area contributed by atoms with Gasteiger partial charge in [-0.2, -0.15) is 13.9 Å². The van der Waals surface area contributed by atoms with Gasteiger partial charge < -0.3 is 10.1 Å². The molecule has 1 atom stereocenters. The first-order valence-electron chi connectivity index (χ1n) is 10.9. The third-order valence-corrected chi connectivity index (χ3v) is 5.62. The van der Waals surface area contributed by atoms with Crippen LogP contribution in [0, 0.1) is 0 Å². The maximum absolute atomic E-state index is 13.8. The molecule has 0 bridgehead atoms. The van der Waals surface area contributed by atoms with Crippen molar-refractivity contribution < 1.29 is 26.7 Å². The summed E-state index contributed by atoms with van der Waals surface area (Å²) in [7, 11) is 1.77. The van der Waals surface area contributed by atoms with E-state index in [1.165, 1.54) is 47.2 Å². The maximum Gasteiger partial charge on any atom is 0.387 e. The Hall–Kier alpha value is -4.48. The molecule has 0 aliphatic rings. The van der Waals surface area contributed by atoms with Gasteiger partial charge in [-0.3, -0.25) is 14.0 Å². The molecule has 0 aliphatic carbocycles. The van der Waals surface area contributed by atoms with E-state index < -0.39 is 24.9 Å². The number of alkyl halides is 5. The number of aromatic nitrogens is 4. The quantitative estimate of drug-likeness (QED) is 0.229. The molecule has 0 aliphatic heterocycles. The lowest BCUT2D eigenvalue weighted by atomic mass is 10.0. The number of halogens is 5. The summed E-state index contributed by atoms with van der Waals surface area (Å²) in [5, 5.41) is 7.55. The lowest BCUT2D eigenvalue weighted by Crippen LogP contribution is -2.23. The molecule has 0 radical (unpaired) electrons. The zero-order chi connectivity index (χ0) is 26.3. The van der Waals surface area contributed by atoms with Crippen molar-refractivity contribution in [3.05, 3.63) is 77.3 Å². The van der Waals surface area contributed by atoms with Crippen LogP contribution in [0.15, 0.2) is 71.8 Å². The summed E-state index contributed by atoms with van der Waals surface area (Å²) >= 11 is 0. The molecule has 190 valence electrons. The Kier molecular flexibility index (Phi) is 6.24. The molecule has 2 aromatic carbocycles. The van der Waals surface area contributed by atoms with E-state index in [4.69, 9.17) is 0 Å². The van der Waals surface area contributed by atoms with Crippen molar-refractivity contribution in [3.8, 4) is 22.6 Å². The number of rotatable bonds is 7. The Balaban J connectivity index is 1.71. The lowest BCUT2D eigenvalue weighted by Gasteiger charge is -2.15. The minimum absolute atomic E-state index is 0.0588. The number of benzene rings is 2. The van der Waals surface area contributed by atoms with Crippen molar-refractivity contribution in [3.63, 3.8) is 0 Å². The molecule has 3 aromatic heterocycles. The van der Waals surface area contributed by atoms with Gasteiger partial charge in [0.25, 0.3) is 12.0 Å². The molecule has 1 N–H and O–H groups in total. The van der Waals surface area contributed by atoms with Gasteiger partial charge in [0, 0.05) is 35.9 Å². The third-order valence-electron chi connectivity index (χ3n) is 5.62. The second kappa shape index (κ2) is 9.52. The van der Waals surface area contributed by atoms with Crippen LogP contribution < -0.4 is 15.6 Å².